The van der Waals surface area contributed by atoms with Crippen molar-refractivity contribution in [3.63, 3.8) is 0 Å². The highest BCUT2D eigenvalue weighted by Gasteiger charge is 2.55. The predicted octanol–water partition coefficient (Wildman–Crippen LogP) is 6.84. The molecule has 1 aliphatic rings. The second kappa shape index (κ2) is 15.2. The van der Waals surface area contributed by atoms with E-state index in [1.165, 1.54) is 44.9 Å². The molecule has 0 aromatic heterocycles. The summed E-state index contributed by atoms with van der Waals surface area (Å²) in [5.41, 5.74) is 0.790. The normalized spacial score (nSPS) is 19.3. The average molecular weight is 491 g/mol. The van der Waals surface area contributed by atoms with Crippen molar-refractivity contribution in [3.8, 4) is 0 Å². The summed E-state index contributed by atoms with van der Waals surface area (Å²) in [6.45, 7) is 9.31. The Morgan fingerprint density at radius 2 is 1.17 bits per heavy atom. The Balaban J connectivity index is 2.06. The van der Waals surface area contributed by atoms with Gasteiger partial charge in [0.15, 0.2) is 18.0 Å². The van der Waals surface area contributed by atoms with E-state index in [0.29, 0.717) is 6.42 Å². The molecule has 198 valence electrons. The number of carbonyl (C=O) groups excluding carboxylic acids is 2. The van der Waals surface area contributed by atoms with Gasteiger partial charge in [-0.25, -0.2) is 9.59 Å². The number of hydrogen-bond acceptors (Lipinski definition) is 6. The minimum Gasteiger partial charge on any atom is -0.461 e. The SMILES string of the molecule is CCCCCCCCCCCCC1(c2ccccc2)O[C@@H](C(=O)OC(C)C)[C@H](C(=O)OC(C)C)O1. The highest BCUT2D eigenvalue weighted by molar-refractivity contribution is 5.86. The first-order valence-corrected chi connectivity index (χ1v) is 13.6. The molecule has 1 fully saturated rings. The van der Waals surface area contributed by atoms with Crippen molar-refractivity contribution in [1.82, 2.24) is 0 Å². The maximum Gasteiger partial charge on any atom is 0.339 e. The topological polar surface area (TPSA) is 71.1 Å². The summed E-state index contributed by atoms with van der Waals surface area (Å²) in [6, 6.07) is 9.56. The number of carbonyl (C=O) groups is 2. The Bertz CT molecular complexity index is 715. The summed E-state index contributed by atoms with van der Waals surface area (Å²) in [7, 11) is 0. The highest BCUT2D eigenvalue weighted by Crippen LogP contribution is 2.42. The van der Waals surface area contributed by atoms with Gasteiger partial charge in [-0.3, -0.25) is 0 Å². The summed E-state index contributed by atoms with van der Waals surface area (Å²) in [4.78, 5) is 25.8. The second-order valence-corrected chi connectivity index (χ2v) is 10.1. The molecule has 0 radical (unpaired) electrons. The molecule has 0 bridgehead atoms. The molecule has 0 unspecified atom stereocenters. The van der Waals surface area contributed by atoms with Crippen LogP contribution >= 0.6 is 0 Å². The van der Waals surface area contributed by atoms with E-state index in [-0.39, 0.29) is 12.2 Å². The number of benzene rings is 1. The summed E-state index contributed by atoms with van der Waals surface area (Å²) in [5.74, 6) is -2.40. The van der Waals surface area contributed by atoms with Gasteiger partial charge in [-0.15, -0.1) is 0 Å². The van der Waals surface area contributed by atoms with E-state index in [1.807, 2.05) is 30.3 Å². The van der Waals surface area contributed by atoms with Crippen molar-refractivity contribution in [2.24, 2.45) is 0 Å². The second-order valence-electron chi connectivity index (χ2n) is 10.1. The molecule has 1 heterocycles. The number of rotatable bonds is 16. The molecule has 0 amide bonds. The molecule has 1 saturated heterocycles. The molecule has 1 aromatic rings. The van der Waals surface area contributed by atoms with E-state index in [1.54, 1.807) is 27.7 Å². The van der Waals surface area contributed by atoms with Gasteiger partial charge in [-0.2, -0.15) is 0 Å². The minimum atomic E-state index is -1.19. The van der Waals surface area contributed by atoms with E-state index < -0.39 is 29.9 Å². The number of ether oxygens (including phenoxy) is 4. The molecular weight excluding hydrogens is 444 g/mol. The first-order valence-electron chi connectivity index (χ1n) is 13.6. The van der Waals surface area contributed by atoms with Crippen LogP contribution in [0.15, 0.2) is 30.3 Å². The van der Waals surface area contributed by atoms with Crippen molar-refractivity contribution >= 4 is 11.9 Å². The molecule has 0 spiro atoms. The number of hydrogen-bond donors (Lipinski definition) is 0. The maximum absolute atomic E-state index is 12.9. The third kappa shape index (κ3) is 9.57. The summed E-state index contributed by atoms with van der Waals surface area (Å²) >= 11 is 0. The highest BCUT2D eigenvalue weighted by atomic mass is 16.8. The van der Waals surface area contributed by atoms with Gasteiger partial charge in [0.05, 0.1) is 12.2 Å². The molecule has 2 atom stereocenters. The molecule has 0 N–H and O–H groups in total. The van der Waals surface area contributed by atoms with Crippen molar-refractivity contribution < 1.29 is 28.5 Å². The van der Waals surface area contributed by atoms with Gasteiger partial charge in [0.2, 0.25) is 0 Å². The Morgan fingerprint density at radius 1 is 0.743 bits per heavy atom. The fourth-order valence-electron chi connectivity index (χ4n) is 4.44. The van der Waals surface area contributed by atoms with Gasteiger partial charge >= 0.3 is 11.9 Å². The maximum atomic E-state index is 12.9. The van der Waals surface area contributed by atoms with Crippen LogP contribution in [0, 0.1) is 0 Å². The standard InChI is InChI=1S/C29H46O6/c1-6-7-8-9-10-11-12-13-14-18-21-29(24-19-16-15-17-20-24)34-25(27(30)32-22(2)3)26(35-29)28(31)33-23(4)5/h15-17,19-20,22-23,25-26H,6-14,18,21H2,1-5H3/t25-,26-/m1/s1. The average Bonchev–Trinajstić information content (AvgIpc) is 3.22. The minimum absolute atomic E-state index is 0.332. The van der Waals surface area contributed by atoms with Gasteiger partial charge < -0.3 is 18.9 Å². The zero-order chi connectivity index (χ0) is 25.7. The molecule has 1 aromatic carbocycles. The Morgan fingerprint density at radius 3 is 1.60 bits per heavy atom. The Hall–Kier alpha value is -1.92. The van der Waals surface area contributed by atoms with E-state index >= 15 is 0 Å². The van der Waals surface area contributed by atoms with Gasteiger partial charge in [-0.1, -0.05) is 95.0 Å². The van der Waals surface area contributed by atoms with E-state index in [2.05, 4.69) is 6.92 Å². The fourth-order valence-corrected chi connectivity index (χ4v) is 4.44. The quantitative estimate of drug-likeness (QED) is 0.187. The molecular formula is C29H46O6. The molecule has 35 heavy (non-hydrogen) atoms. The van der Waals surface area contributed by atoms with Gasteiger partial charge in [-0.05, 0) is 34.1 Å². The van der Waals surface area contributed by atoms with Gasteiger partial charge in [0, 0.05) is 12.0 Å². The van der Waals surface area contributed by atoms with Crippen molar-refractivity contribution in [1.29, 1.82) is 0 Å². The fraction of sp³-hybridized carbons (Fsp3) is 0.724. The van der Waals surface area contributed by atoms with E-state index in [0.717, 1.165) is 24.8 Å². The first-order chi connectivity index (χ1) is 16.8. The molecule has 1 aliphatic heterocycles. The monoisotopic (exact) mass is 490 g/mol. The van der Waals surface area contributed by atoms with Crippen molar-refractivity contribution in [2.45, 2.75) is 135 Å². The molecule has 6 heteroatoms. The van der Waals surface area contributed by atoms with Crippen molar-refractivity contribution in [3.05, 3.63) is 35.9 Å². The Kier molecular flexibility index (Phi) is 12.8. The van der Waals surface area contributed by atoms with E-state index in [4.69, 9.17) is 18.9 Å². The number of unbranched alkanes of at least 4 members (excludes halogenated alkanes) is 9. The zero-order valence-electron chi connectivity index (χ0n) is 22.4. The lowest BCUT2D eigenvalue weighted by Gasteiger charge is -2.28. The smallest absolute Gasteiger partial charge is 0.339 e. The molecule has 0 aliphatic carbocycles. The lowest BCUT2D eigenvalue weighted by atomic mass is 9.98. The van der Waals surface area contributed by atoms with Crippen LogP contribution in [0.2, 0.25) is 0 Å². The molecule has 6 nitrogen and oxygen atoms in total. The lowest BCUT2D eigenvalue weighted by Crippen LogP contribution is -2.40. The summed E-state index contributed by atoms with van der Waals surface area (Å²) < 4.78 is 23.4. The van der Waals surface area contributed by atoms with Crippen LogP contribution in [0.25, 0.3) is 0 Å². The van der Waals surface area contributed by atoms with Gasteiger partial charge in [0.1, 0.15) is 0 Å². The van der Waals surface area contributed by atoms with Crippen LogP contribution in [0.4, 0.5) is 0 Å². The first kappa shape index (κ1) is 29.3. The van der Waals surface area contributed by atoms with Crippen LogP contribution in [0.5, 0.6) is 0 Å². The number of esters is 2. The van der Waals surface area contributed by atoms with Crippen molar-refractivity contribution in [2.75, 3.05) is 0 Å². The van der Waals surface area contributed by atoms with Crippen LogP contribution < -0.4 is 0 Å². The van der Waals surface area contributed by atoms with Crippen LogP contribution in [0.1, 0.15) is 111 Å². The zero-order valence-corrected chi connectivity index (χ0v) is 22.4. The lowest BCUT2D eigenvalue weighted by molar-refractivity contribution is -0.202. The van der Waals surface area contributed by atoms with Crippen LogP contribution in [0.3, 0.4) is 0 Å². The van der Waals surface area contributed by atoms with E-state index in [9.17, 15) is 9.59 Å². The largest absolute Gasteiger partial charge is 0.461 e. The third-order valence-corrected chi connectivity index (χ3v) is 6.15. The summed E-state index contributed by atoms with van der Waals surface area (Å²) in [6.07, 6.45) is 9.66. The van der Waals surface area contributed by atoms with Crippen LogP contribution in [-0.2, 0) is 34.3 Å². The molecule has 0 saturated carbocycles. The Labute approximate surface area is 212 Å². The van der Waals surface area contributed by atoms with Gasteiger partial charge in [0.25, 0.3) is 0 Å². The third-order valence-electron chi connectivity index (χ3n) is 6.15. The van der Waals surface area contributed by atoms with Crippen LogP contribution in [-0.4, -0.2) is 36.4 Å². The summed E-state index contributed by atoms with van der Waals surface area (Å²) in [5, 5.41) is 0. The predicted molar refractivity (Wildman–Crippen MR) is 137 cm³/mol. The molecule has 2 rings (SSSR count).